The van der Waals surface area contributed by atoms with Crippen molar-refractivity contribution >= 4 is 58.4 Å². The number of hydrogen-bond acceptors (Lipinski definition) is 4. The molecule has 2 aromatic carbocycles. The van der Waals surface area contributed by atoms with E-state index in [1.54, 1.807) is 54.6 Å². The first-order chi connectivity index (χ1) is 14.9. The Labute approximate surface area is 191 Å². The van der Waals surface area contributed by atoms with Crippen LogP contribution in [0.15, 0.2) is 54.6 Å². The Bertz CT molecular complexity index is 977. The number of unbranched alkanes of at least 4 members (excludes halogenated alkanes) is 1. The highest BCUT2D eigenvalue weighted by Crippen LogP contribution is 2.16. The number of hydrazine groups is 1. The minimum atomic E-state index is -0.477. The third-order valence-corrected chi connectivity index (χ3v) is 4.58. The second-order valence-corrected chi connectivity index (χ2v) is 7.30. The molecule has 162 valence electrons. The maximum atomic E-state index is 12.2. The minimum absolute atomic E-state index is 0.0645. The van der Waals surface area contributed by atoms with Gasteiger partial charge < -0.3 is 5.32 Å². The molecular weight excluding hydrogens is 436 g/mol. The highest BCUT2D eigenvalue weighted by molar-refractivity contribution is 7.80. The number of thiocarbonyl (C=S) groups is 1. The molecule has 4 N–H and O–H groups in total. The van der Waals surface area contributed by atoms with Gasteiger partial charge in [0.25, 0.3) is 5.91 Å². The summed E-state index contributed by atoms with van der Waals surface area (Å²) in [4.78, 5) is 35.9. The fourth-order valence-electron chi connectivity index (χ4n) is 2.41. The van der Waals surface area contributed by atoms with Gasteiger partial charge in [-0.2, -0.15) is 0 Å². The van der Waals surface area contributed by atoms with E-state index in [2.05, 4.69) is 21.5 Å². The van der Waals surface area contributed by atoms with E-state index in [-0.39, 0.29) is 11.0 Å². The van der Waals surface area contributed by atoms with Crippen LogP contribution in [0.1, 0.15) is 42.1 Å². The van der Waals surface area contributed by atoms with Gasteiger partial charge in [-0.05, 0) is 60.6 Å². The lowest BCUT2D eigenvalue weighted by Crippen LogP contribution is -2.48. The van der Waals surface area contributed by atoms with Crippen LogP contribution in [0.5, 0.6) is 0 Å². The Morgan fingerprint density at radius 3 is 2.42 bits per heavy atom. The second-order valence-electron chi connectivity index (χ2n) is 6.48. The summed E-state index contributed by atoms with van der Waals surface area (Å²) in [5, 5.41) is 5.64. The van der Waals surface area contributed by atoms with Gasteiger partial charge in [-0.3, -0.25) is 30.6 Å². The number of carbonyl (C=O) groups is 3. The molecule has 0 heterocycles. The number of carbonyl (C=O) groups excluding carboxylic acids is 3. The lowest BCUT2D eigenvalue weighted by molar-refractivity contribution is -0.116. The van der Waals surface area contributed by atoms with Crippen molar-refractivity contribution in [3.8, 4) is 0 Å². The maximum absolute atomic E-state index is 12.2. The van der Waals surface area contributed by atoms with Crippen LogP contribution < -0.4 is 21.5 Å². The molecule has 9 heteroatoms. The van der Waals surface area contributed by atoms with Crippen molar-refractivity contribution in [3.05, 3.63) is 70.8 Å². The zero-order valence-corrected chi connectivity index (χ0v) is 18.5. The molecule has 3 amide bonds. The Hall–Kier alpha value is -3.23. The van der Waals surface area contributed by atoms with E-state index >= 15 is 0 Å². The van der Waals surface area contributed by atoms with Crippen LogP contribution in [-0.4, -0.2) is 22.8 Å². The quantitative estimate of drug-likeness (QED) is 0.287. The predicted octanol–water partition coefficient (Wildman–Crippen LogP) is 3.82. The van der Waals surface area contributed by atoms with Gasteiger partial charge in [0.05, 0.1) is 0 Å². The molecule has 0 aliphatic rings. The van der Waals surface area contributed by atoms with Gasteiger partial charge >= 0.3 is 0 Å². The number of amides is 3. The Morgan fingerprint density at radius 2 is 1.74 bits per heavy atom. The SMILES string of the molecule is CCCCC(=O)Nc1ccc(C(=O)NNC(=S)NC(=O)/C=C/c2ccccc2Cl)cc1. The lowest BCUT2D eigenvalue weighted by Gasteiger charge is -2.10. The average molecular weight is 459 g/mol. The van der Waals surface area contributed by atoms with Crippen molar-refractivity contribution in [2.45, 2.75) is 26.2 Å². The van der Waals surface area contributed by atoms with Crippen molar-refractivity contribution in [1.29, 1.82) is 0 Å². The molecule has 2 aromatic rings. The fraction of sp³-hybridized carbons (Fsp3) is 0.182. The number of rotatable bonds is 7. The Kier molecular flexibility index (Phi) is 9.67. The van der Waals surface area contributed by atoms with E-state index in [1.165, 1.54) is 6.08 Å². The second kappa shape index (κ2) is 12.5. The highest BCUT2D eigenvalue weighted by Gasteiger charge is 2.08. The zero-order chi connectivity index (χ0) is 22.6. The van der Waals surface area contributed by atoms with Crippen molar-refractivity contribution in [2.75, 3.05) is 5.32 Å². The Balaban J connectivity index is 1.78. The van der Waals surface area contributed by atoms with E-state index in [0.29, 0.717) is 28.3 Å². The van der Waals surface area contributed by atoms with Crippen LogP contribution in [0.2, 0.25) is 5.02 Å². The molecule has 0 radical (unpaired) electrons. The van der Waals surface area contributed by atoms with Gasteiger partial charge in [-0.1, -0.05) is 43.1 Å². The van der Waals surface area contributed by atoms with E-state index in [0.717, 1.165) is 12.8 Å². The van der Waals surface area contributed by atoms with Gasteiger partial charge in [0.1, 0.15) is 0 Å². The molecule has 7 nitrogen and oxygen atoms in total. The van der Waals surface area contributed by atoms with E-state index in [9.17, 15) is 14.4 Å². The largest absolute Gasteiger partial charge is 0.326 e. The van der Waals surface area contributed by atoms with Crippen LogP contribution in [0.25, 0.3) is 6.08 Å². The molecular formula is C22H23ClN4O3S. The minimum Gasteiger partial charge on any atom is -0.326 e. The number of nitrogens with one attached hydrogen (secondary N) is 4. The molecule has 0 aromatic heterocycles. The number of anilines is 1. The molecule has 2 rings (SSSR count). The van der Waals surface area contributed by atoms with Crippen molar-refractivity contribution < 1.29 is 14.4 Å². The smallest absolute Gasteiger partial charge is 0.269 e. The van der Waals surface area contributed by atoms with Crippen LogP contribution >= 0.6 is 23.8 Å². The molecule has 0 unspecified atom stereocenters. The number of halogens is 1. The van der Waals surface area contributed by atoms with E-state index in [1.807, 2.05) is 6.92 Å². The third kappa shape index (κ3) is 8.57. The van der Waals surface area contributed by atoms with Crippen molar-refractivity contribution in [3.63, 3.8) is 0 Å². The summed E-state index contributed by atoms with van der Waals surface area (Å²) < 4.78 is 0. The summed E-state index contributed by atoms with van der Waals surface area (Å²) in [7, 11) is 0. The normalized spacial score (nSPS) is 10.4. The van der Waals surface area contributed by atoms with Gasteiger partial charge in [0.2, 0.25) is 11.8 Å². The topological polar surface area (TPSA) is 99.3 Å². The monoisotopic (exact) mass is 458 g/mol. The summed E-state index contributed by atoms with van der Waals surface area (Å²) in [6.45, 7) is 2.02. The summed E-state index contributed by atoms with van der Waals surface area (Å²) in [5.74, 6) is -0.993. The standard InChI is InChI=1S/C22H23ClN4O3S/c1-2-3-8-19(28)24-17-12-9-16(10-13-17)21(30)26-27-22(31)25-20(29)14-11-15-6-4-5-7-18(15)23/h4-7,9-14H,2-3,8H2,1H3,(H,24,28)(H,26,30)(H2,25,27,29,31)/b14-11+. The summed E-state index contributed by atoms with van der Waals surface area (Å²) in [6, 6.07) is 13.5. The summed E-state index contributed by atoms with van der Waals surface area (Å²) in [6.07, 6.45) is 5.06. The van der Waals surface area contributed by atoms with Gasteiger partial charge in [-0.15, -0.1) is 0 Å². The zero-order valence-electron chi connectivity index (χ0n) is 16.9. The highest BCUT2D eigenvalue weighted by atomic mass is 35.5. The van der Waals surface area contributed by atoms with Crippen molar-refractivity contribution in [1.82, 2.24) is 16.2 Å². The molecule has 0 fully saturated rings. The molecule has 0 aliphatic heterocycles. The van der Waals surface area contributed by atoms with E-state index < -0.39 is 11.8 Å². The van der Waals surface area contributed by atoms with Crippen molar-refractivity contribution in [2.24, 2.45) is 0 Å². The first kappa shape index (κ1) is 24.0. The molecule has 0 spiro atoms. The first-order valence-electron chi connectivity index (χ1n) is 9.63. The van der Waals surface area contributed by atoms with Crippen LogP contribution in [0.4, 0.5) is 5.69 Å². The van der Waals surface area contributed by atoms with Gasteiger partial charge in [-0.25, -0.2) is 0 Å². The number of hydrogen-bond donors (Lipinski definition) is 4. The van der Waals surface area contributed by atoms with Crippen LogP contribution in [-0.2, 0) is 9.59 Å². The van der Waals surface area contributed by atoms with Gasteiger partial charge in [0, 0.05) is 28.8 Å². The third-order valence-electron chi connectivity index (χ3n) is 4.03. The molecule has 0 atom stereocenters. The maximum Gasteiger partial charge on any atom is 0.269 e. The average Bonchev–Trinajstić information content (AvgIpc) is 2.76. The molecule has 31 heavy (non-hydrogen) atoms. The molecule has 0 bridgehead atoms. The van der Waals surface area contributed by atoms with Crippen LogP contribution in [0, 0.1) is 0 Å². The van der Waals surface area contributed by atoms with E-state index in [4.69, 9.17) is 23.8 Å². The predicted molar refractivity (Wildman–Crippen MR) is 126 cm³/mol. The summed E-state index contributed by atoms with van der Waals surface area (Å²) in [5.41, 5.74) is 6.51. The van der Waals surface area contributed by atoms with Crippen LogP contribution in [0.3, 0.4) is 0 Å². The fourth-order valence-corrected chi connectivity index (χ4v) is 2.76. The lowest BCUT2D eigenvalue weighted by atomic mass is 10.2. The van der Waals surface area contributed by atoms with Gasteiger partial charge in [0.15, 0.2) is 5.11 Å². The molecule has 0 aliphatic carbocycles. The number of benzene rings is 2. The molecule has 0 saturated heterocycles. The summed E-state index contributed by atoms with van der Waals surface area (Å²) >= 11 is 11.0. The molecule has 0 saturated carbocycles. The Morgan fingerprint density at radius 1 is 1.03 bits per heavy atom. The first-order valence-corrected chi connectivity index (χ1v) is 10.4.